The Balaban J connectivity index is 1.94. The first kappa shape index (κ1) is 19.7. The highest BCUT2D eigenvalue weighted by atomic mass is 35.5. The predicted octanol–water partition coefficient (Wildman–Crippen LogP) is 2.69. The van der Waals surface area contributed by atoms with Crippen molar-refractivity contribution in [3.63, 3.8) is 0 Å². The quantitative estimate of drug-likeness (QED) is 0.859. The molecule has 0 aliphatic carbocycles. The van der Waals surface area contributed by atoms with Gasteiger partial charge in [-0.05, 0) is 59.2 Å². The van der Waals surface area contributed by atoms with Crippen molar-refractivity contribution in [2.24, 2.45) is 5.92 Å². The molecule has 1 aromatic rings. The summed E-state index contributed by atoms with van der Waals surface area (Å²) in [5.41, 5.74) is -0.266. The molecule has 6 nitrogen and oxygen atoms in total. The molecule has 2 atom stereocenters. The number of halogens is 1. The lowest BCUT2D eigenvalue weighted by Crippen LogP contribution is -2.54. The van der Waals surface area contributed by atoms with Gasteiger partial charge >= 0.3 is 0 Å². The number of pyridine rings is 1. The highest BCUT2D eigenvalue weighted by Gasteiger charge is 2.32. The number of hydrogen-bond donors (Lipinski definition) is 2. The molecular weight excluding hydrogens is 340 g/mol. The van der Waals surface area contributed by atoms with E-state index in [1.807, 2.05) is 27.7 Å². The summed E-state index contributed by atoms with van der Waals surface area (Å²) in [5, 5.41) is 6.36. The van der Waals surface area contributed by atoms with E-state index >= 15 is 0 Å². The van der Waals surface area contributed by atoms with Gasteiger partial charge in [-0.25, -0.2) is 4.98 Å². The zero-order valence-corrected chi connectivity index (χ0v) is 16.1. The Morgan fingerprint density at radius 3 is 2.68 bits per heavy atom. The van der Waals surface area contributed by atoms with E-state index in [1.54, 1.807) is 12.1 Å². The number of rotatable bonds is 4. The molecule has 0 bridgehead atoms. The minimum Gasteiger partial charge on any atom is -0.350 e. The van der Waals surface area contributed by atoms with Crippen LogP contribution in [0.1, 0.15) is 40.5 Å². The first-order valence-corrected chi connectivity index (χ1v) is 9.02. The smallest absolute Gasteiger partial charge is 0.237 e. The molecule has 1 aliphatic rings. The largest absolute Gasteiger partial charge is 0.350 e. The van der Waals surface area contributed by atoms with Gasteiger partial charge in [0.05, 0.1) is 17.0 Å². The second-order valence-corrected chi connectivity index (χ2v) is 8.04. The maximum atomic E-state index is 12.5. The Hall–Kier alpha value is -1.66. The van der Waals surface area contributed by atoms with Gasteiger partial charge in [0.1, 0.15) is 5.82 Å². The third-order valence-corrected chi connectivity index (χ3v) is 4.45. The van der Waals surface area contributed by atoms with E-state index in [1.165, 1.54) is 6.20 Å². The SMILES string of the molecule is C[C@@H](C(=O)NC(C)(C)C)N1CCC[C@H](C(=O)Nc2ccc(Cl)cn2)C1. The fourth-order valence-electron chi connectivity index (χ4n) is 2.89. The summed E-state index contributed by atoms with van der Waals surface area (Å²) < 4.78 is 0. The topological polar surface area (TPSA) is 74.3 Å². The van der Waals surface area contributed by atoms with Crippen LogP contribution >= 0.6 is 11.6 Å². The monoisotopic (exact) mass is 366 g/mol. The van der Waals surface area contributed by atoms with Crippen molar-refractivity contribution in [2.75, 3.05) is 18.4 Å². The highest BCUT2D eigenvalue weighted by molar-refractivity contribution is 6.30. The van der Waals surface area contributed by atoms with Crippen LogP contribution < -0.4 is 10.6 Å². The number of piperidine rings is 1. The van der Waals surface area contributed by atoms with Gasteiger partial charge in [0.15, 0.2) is 0 Å². The molecule has 25 heavy (non-hydrogen) atoms. The van der Waals surface area contributed by atoms with Gasteiger partial charge in [-0.2, -0.15) is 0 Å². The number of carbonyl (C=O) groups is 2. The lowest BCUT2D eigenvalue weighted by atomic mass is 9.95. The number of aromatic nitrogens is 1. The molecule has 1 saturated heterocycles. The molecule has 1 aliphatic heterocycles. The lowest BCUT2D eigenvalue weighted by Gasteiger charge is -2.36. The van der Waals surface area contributed by atoms with Gasteiger partial charge in [-0.15, -0.1) is 0 Å². The van der Waals surface area contributed by atoms with Crippen molar-refractivity contribution in [2.45, 2.75) is 52.1 Å². The van der Waals surface area contributed by atoms with Crippen LogP contribution in [0.25, 0.3) is 0 Å². The van der Waals surface area contributed by atoms with Crippen LogP contribution in [0.3, 0.4) is 0 Å². The fourth-order valence-corrected chi connectivity index (χ4v) is 3.00. The van der Waals surface area contributed by atoms with E-state index in [2.05, 4.69) is 20.5 Å². The molecule has 1 fully saturated rings. The molecule has 7 heteroatoms. The van der Waals surface area contributed by atoms with Gasteiger partial charge in [0, 0.05) is 18.3 Å². The molecular formula is C18H27ClN4O2. The van der Waals surface area contributed by atoms with Crippen LogP contribution in [0.2, 0.25) is 5.02 Å². The summed E-state index contributed by atoms with van der Waals surface area (Å²) in [7, 11) is 0. The highest BCUT2D eigenvalue weighted by Crippen LogP contribution is 2.21. The Bertz CT molecular complexity index is 612. The lowest BCUT2D eigenvalue weighted by molar-refractivity contribution is -0.130. The number of hydrogen-bond acceptors (Lipinski definition) is 4. The van der Waals surface area contributed by atoms with Crippen LogP contribution in [-0.2, 0) is 9.59 Å². The van der Waals surface area contributed by atoms with Crippen molar-refractivity contribution in [1.29, 1.82) is 0 Å². The van der Waals surface area contributed by atoms with Crippen LogP contribution in [-0.4, -0.2) is 46.4 Å². The van der Waals surface area contributed by atoms with Crippen LogP contribution in [0.4, 0.5) is 5.82 Å². The molecule has 2 rings (SSSR count). The minimum absolute atomic E-state index is 0.00655. The molecule has 2 heterocycles. The van der Waals surface area contributed by atoms with E-state index in [0.717, 1.165) is 19.4 Å². The summed E-state index contributed by atoms with van der Waals surface area (Å²) in [5.74, 6) is 0.261. The standard InChI is InChI=1S/C18H27ClN4O2/c1-12(16(24)22-18(2,3)4)23-9-5-6-13(11-23)17(25)21-15-8-7-14(19)10-20-15/h7-8,10,12-13H,5-6,9,11H2,1-4H3,(H,22,24)(H,20,21,25)/t12-,13-/m0/s1. The van der Waals surface area contributed by atoms with Crippen molar-refractivity contribution < 1.29 is 9.59 Å². The summed E-state index contributed by atoms with van der Waals surface area (Å²) >= 11 is 5.81. The van der Waals surface area contributed by atoms with E-state index in [9.17, 15) is 9.59 Å². The molecule has 2 N–H and O–H groups in total. The maximum absolute atomic E-state index is 12.5. The first-order chi connectivity index (χ1) is 11.7. The summed E-state index contributed by atoms with van der Waals surface area (Å²) in [4.78, 5) is 31.1. The number of nitrogens with zero attached hydrogens (tertiary/aromatic N) is 2. The van der Waals surface area contributed by atoms with Crippen molar-refractivity contribution in [1.82, 2.24) is 15.2 Å². The van der Waals surface area contributed by atoms with Gasteiger partial charge in [-0.1, -0.05) is 11.6 Å². The van der Waals surface area contributed by atoms with Gasteiger partial charge in [-0.3, -0.25) is 14.5 Å². The van der Waals surface area contributed by atoms with Crippen molar-refractivity contribution in [3.05, 3.63) is 23.4 Å². The number of anilines is 1. The van der Waals surface area contributed by atoms with Crippen LogP contribution in [0.15, 0.2) is 18.3 Å². The second kappa shape index (κ2) is 8.15. The third-order valence-electron chi connectivity index (χ3n) is 4.23. The predicted molar refractivity (Wildman–Crippen MR) is 99.5 cm³/mol. The van der Waals surface area contributed by atoms with Gasteiger partial charge in [0.2, 0.25) is 11.8 Å². The Kier molecular flexibility index (Phi) is 6.41. The number of carbonyl (C=O) groups excluding carboxylic acids is 2. The summed E-state index contributed by atoms with van der Waals surface area (Å²) in [6, 6.07) is 3.11. The zero-order chi connectivity index (χ0) is 18.6. The molecule has 0 unspecified atom stereocenters. The van der Waals surface area contributed by atoms with Crippen LogP contribution in [0, 0.1) is 5.92 Å². The maximum Gasteiger partial charge on any atom is 0.237 e. The molecule has 1 aromatic heterocycles. The zero-order valence-electron chi connectivity index (χ0n) is 15.3. The third kappa shape index (κ3) is 5.97. The second-order valence-electron chi connectivity index (χ2n) is 7.60. The van der Waals surface area contributed by atoms with E-state index in [0.29, 0.717) is 17.4 Å². The Labute approximate surface area is 154 Å². The molecule has 2 amide bonds. The van der Waals surface area contributed by atoms with E-state index < -0.39 is 0 Å². The average Bonchev–Trinajstić information content (AvgIpc) is 2.54. The normalized spacial score (nSPS) is 20.0. The minimum atomic E-state index is -0.266. The van der Waals surface area contributed by atoms with Gasteiger partial charge < -0.3 is 10.6 Å². The van der Waals surface area contributed by atoms with Gasteiger partial charge in [0.25, 0.3) is 0 Å². The number of nitrogens with one attached hydrogen (secondary N) is 2. The Morgan fingerprint density at radius 1 is 1.36 bits per heavy atom. The molecule has 138 valence electrons. The summed E-state index contributed by atoms with van der Waals surface area (Å²) in [6.07, 6.45) is 3.20. The molecule has 0 spiro atoms. The fraction of sp³-hybridized carbons (Fsp3) is 0.611. The average molecular weight is 367 g/mol. The van der Waals surface area contributed by atoms with E-state index in [-0.39, 0.29) is 29.3 Å². The Morgan fingerprint density at radius 2 is 2.08 bits per heavy atom. The molecule has 0 radical (unpaired) electrons. The number of amides is 2. The molecule has 0 saturated carbocycles. The van der Waals surface area contributed by atoms with Crippen molar-refractivity contribution >= 4 is 29.2 Å². The van der Waals surface area contributed by atoms with Crippen LogP contribution in [0.5, 0.6) is 0 Å². The first-order valence-electron chi connectivity index (χ1n) is 8.64. The summed E-state index contributed by atoms with van der Waals surface area (Å²) in [6.45, 7) is 9.16. The van der Waals surface area contributed by atoms with E-state index in [4.69, 9.17) is 11.6 Å². The molecule has 0 aromatic carbocycles. The van der Waals surface area contributed by atoms with Crippen molar-refractivity contribution in [3.8, 4) is 0 Å². The number of likely N-dealkylation sites (tertiary alicyclic amines) is 1.